The van der Waals surface area contributed by atoms with Crippen molar-refractivity contribution < 1.29 is 14.6 Å². The summed E-state index contributed by atoms with van der Waals surface area (Å²) < 4.78 is 5.45. The predicted molar refractivity (Wildman–Crippen MR) is 75.9 cm³/mol. The highest BCUT2D eigenvalue weighted by atomic mass is 35.5. The molecule has 0 aliphatic carbocycles. The van der Waals surface area contributed by atoms with Gasteiger partial charge in [0.2, 0.25) is 0 Å². The van der Waals surface area contributed by atoms with Gasteiger partial charge in [-0.1, -0.05) is 0 Å². The number of aliphatic hydroxyl groups excluding tert-OH is 1. The molecule has 1 aromatic carbocycles. The van der Waals surface area contributed by atoms with Gasteiger partial charge in [0.25, 0.3) is 5.91 Å². The Labute approximate surface area is 118 Å². The molecule has 4 nitrogen and oxygen atoms in total. The lowest BCUT2D eigenvalue weighted by atomic mass is 10.1. The van der Waals surface area contributed by atoms with Crippen molar-refractivity contribution in [2.24, 2.45) is 0 Å². The molecule has 0 saturated heterocycles. The van der Waals surface area contributed by atoms with Gasteiger partial charge in [-0.15, -0.1) is 11.6 Å². The second-order valence-corrected chi connectivity index (χ2v) is 5.29. The van der Waals surface area contributed by atoms with Crippen LogP contribution < -0.4 is 10.1 Å². The number of hydrogen-bond acceptors (Lipinski definition) is 3. The molecule has 0 aliphatic rings. The molecule has 0 atom stereocenters. The van der Waals surface area contributed by atoms with E-state index < -0.39 is 5.54 Å². The highest BCUT2D eigenvalue weighted by Crippen LogP contribution is 2.13. The van der Waals surface area contributed by atoms with Gasteiger partial charge in [0.1, 0.15) is 5.75 Å². The van der Waals surface area contributed by atoms with E-state index >= 15 is 0 Å². The van der Waals surface area contributed by atoms with Crippen LogP contribution in [0, 0.1) is 0 Å². The number of amides is 1. The SMILES string of the molecule is CC(C)(CO)NC(=O)c1ccc(OCCCCl)cc1. The first-order valence-corrected chi connectivity index (χ1v) is 6.74. The third-order valence-corrected chi connectivity index (χ3v) is 2.78. The number of rotatable bonds is 7. The molecule has 0 aromatic heterocycles. The maximum atomic E-state index is 11.9. The van der Waals surface area contributed by atoms with Crippen LogP contribution in [0.15, 0.2) is 24.3 Å². The van der Waals surface area contributed by atoms with Gasteiger partial charge in [-0.3, -0.25) is 4.79 Å². The molecule has 1 amide bonds. The van der Waals surface area contributed by atoms with Gasteiger partial charge in [0.05, 0.1) is 18.8 Å². The van der Waals surface area contributed by atoms with E-state index in [1.807, 2.05) is 0 Å². The molecule has 0 radical (unpaired) electrons. The Morgan fingerprint density at radius 3 is 2.53 bits per heavy atom. The molecule has 0 aliphatic heterocycles. The first kappa shape index (κ1) is 15.8. The highest BCUT2D eigenvalue weighted by Gasteiger charge is 2.19. The van der Waals surface area contributed by atoms with Crippen LogP contribution in [0.5, 0.6) is 5.75 Å². The summed E-state index contributed by atoms with van der Waals surface area (Å²) in [5, 5.41) is 11.9. The first-order chi connectivity index (χ1) is 8.98. The smallest absolute Gasteiger partial charge is 0.251 e. The van der Waals surface area contributed by atoms with Crippen molar-refractivity contribution in [2.45, 2.75) is 25.8 Å². The summed E-state index contributed by atoms with van der Waals surface area (Å²) in [6.07, 6.45) is 0.786. The maximum absolute atomic E-state index is 11.9. The molecule has 0 heterocycles. The zero-order chi connectivity index (χ0) is 14.3. The maximum Gasteiger partial charge on any atom is 0.251 e. The first-order valence-electron chi connectivity index (χ1n) is 6.21. The molecule has 0 fully saturated rings. The Morgan fingerprint density at radius 2 is 2.00 bits per heavy atom. The van der Waals surface area contributed by atoms with E-state index in [0.29, 0.717) is 23.8 Å². The molecule has 0 bridgehead atoms. The minimum absolute atomic E-state index is 0.113. The van der Waals surface area contributed by atoms with Crippen molar-refractivity contribution in [3.63, 3.8) is 0 Å². The van der Waals surface area contributed by atoms with E-state index in [2.05, 4.69) is 5.32 Å². The third kappa shape index (κ3) is 5.49. The standard InChI is InChI=1S/C14H20ClNO3/c1-14(2,10-17)16-13(18)11-4-6-12(7-5-11)19-9-3-8-15/h4-7,17H,3,8-10H2,1-2H3,(H,16,18). The average molecular weight is 286 g/mol. The molecule has 0 spiro atoms. The van der Waals surface area contributed by atoms with Crippen LogP contribution in [-0.2, 0) is 0 Å². The van der Waals surface area contributed by atoms with E-state index in [4.69, 9.17) is 21.4 Å². The van der Waals surface area contributed by atoms with Gasteiger partial charge in [-0.05, 0) is 44.5 Å². The van der Waals surface area contributed by atoms with Gasteiger partial charge in [0, 0.05) is 11.4 Å². The predicted octanol–water partition coefficient (Wildman–Crippen LogP) is 2.20. The van der Waals surface area contributed by atoms with Crippen LogP contribution in [0.3, 0.4) is 0 Å². The van der Waals surface area contributed by atoms with E-state index in [9.17, 15) is 4.79 Å². The molecule has 1 aromatic rings. The highest BCUT2D eigenvalue weighted by molar-refractivity contribution is 6.17. The van der Waals surface area contributed by atoms with Crippen LogP contribution >= 0.6 is 11.6 Å². The van der Waals surface area contributed by atoms with Crippen LogP contribution in [0.1, 0.15) is 30.6 Å². The summed E-state index contributed by atoms with van der Waals surface area (Å²) in [6.45, 7) is 3.97. The minimum atomic E-state index is -0.632. The van der Waals surface area contributed by atoms with E-state index in [1.165, 1.54) is 0 Å². The Hall–Kier alpha value is -1.26. The fourth-order valence-electron chi connectivity index (χ4n) is 1.37. The average Bonchev–Trinajstić information content (AvgIpc) is 2.39. The summed E-state index contributed by atoms with van der Waals surface area (Å²) in [4.78, 5) is 11.9. The number of halogens is 1. The van der Waals surface area contributed by atoms with Crippen molar-refractivity contribution in [1.82, 2.24) is 5.32 Å². The van der Waals surface area contributed by atoms with Gasteiger partial charge < -0.3 is 15.2 Å². The second-order valence-electron chi connectivity index (χ2n) is 4.91. The van der Waals surface area contributed by atoms with Crippen molar-refractivity contribution in [2.75, 3.05) is 19.1 Å². The molecular weight excluding hydrogens is 266 g/mol. The number of carbonyl (C=O) groups is 1. The lowest BCUT2D eigenvalue weighted by molar-refractivity contribution is 0.0869. The van der Waals surface area contributed by atoms with Crippen molar-refractivity contribution in [1.29, 1.82) is 0 Å². The Kier molecular flexibility index (Phi) is 6.12. The minimum Gasteiger partial charge on any atom is -0.494 e. The molecule has 5 heteroatoms. The largest absolute Gasteiger partial charge is 0.494 e. The van der Waals surface area contributed by atoms with Gasteiger partial charge in [-0.25, -0.2) is 0 Å². The number of nitrogens with one attached hydrogen (secondary N) is 1. The number of aliphatic hydroxyl groups is 1. The summed E-state index contributed by atoms with van der Waals surface area (Å²) >= 11 is 5.56. The Bertz CT molecular complexity index is 404. The van der Waals surface area contributed by atoms with Crippen LogP contribution in [0.2, 0.25) is 0 Å². The van der Waals surface area contributed by atoms with Crippen LogP contribution in [0.25, 0.3) is 0 Å². The number of alkyl halides is 1. The third-order valence-electron chi connectivity index (χ3n) is 2.51. The zero-order valence-corrected chi connectivity index (χ0v) is 12.0. The summed E-state index contributed by atoms with van der Waals surface area (Å²) in [5.41, 5.74) is -0.0988. The molecule has 0 unspecified atom stereocenters. The monoisotopic (exact) mass is 285 g/mol. The lowest BCUT2D eigenvalue weighted by Crippen LogP contribution is -2.46. The zero-order valence-electron chi connectivity index (χ0n) is 11.3. The number of hydrogen-bond donors (Lipinski definition) is 2. The van der Waals surface area contributed by atoms with Gasteiger partial charge in [0.15, 0.2) is 0 Å². The quantitative estimate of drug-likeness (QED) is 0.596. The fourth-order valence-corrected chi connectivity index (χ4v) is 1.48. The van der Waals surface area contributed by atoms with Crippen molar-refractivity contribution >= 4 is 17.5 Å². The van der Waals surface area contributed by atoms with Crippen LogP contribution in [0.4, 0.5) is 0 Å². The van der Waals surface area contributed by atoms with Crippen molar-refractivity contribution in [3.05, 3.63) is 29.8 Å². The lowest BCUT2D eigenvalue weighted by Gasteiger charge is -2.23. The van der Waals surface area contributed by atoms with Gasteiger partial charge in [-0.2, -0.15) is 0 Å². The number of carbonyl (C=O) groups excluding carboxylic acids is 1. The summed E-state index contributed by atoms with van der Waals surface area (Å²) in [6, 6.07) is 6.88. The van der Waals surface area contributed by atoms with E-state index in [1.54, 1.807) is 38.1 Å². The molecule has 1 rings (SSSR count). The molecular formula is C14H20ClNO3. The number of ether oxygens (including phenoxy) is 1. The topological polar surface area (TPSA) is 58.6 Å². The molecule has 106 valence electrons. The summed E-state index contributed by atoms with van der Waals surface area (Å²) in [7, 11) is 0. The van der Waals surface area contributed by atoms with E-state index in [0.717, 1.165) is 6.42 Å². The van der Waals surface area contributed by atoms with E-state index in [-0.39, 0.29) is 12.5 Å². The molecule has 2 N–H and O–H groups in total. The Balaban J connectivity index is 2.58. The molecule has 0 saturated carbocycles. The van der Waals surface area contributed by atoms with Crippen LogP contribution in [-0.4, -0.2) is 35.6 Å². The second kappa shape index (κ2) is 7.36. The normalized spacial score (nSPS) is 11.2. The van der Waals surface area contributed by atoms with Crippen molar-refractivity contribution in [3.8, 4) is 5.75 Å². The summed E-state index contributed by atoms with van der Waals surface area (Å²) in [5.74, 6) is 1.06. The number of benzene rings is 1. The molecule has 19 heavy (non-hydrogen) atoms. The fraction of sp³-hybridized carbons (Fsp3) is 0.500. The Morgan fingerprint density at radius 1 is 1.37 bits per heavy atom. The van der Waals surface area contributed by atoms with Gasteiger partial charge >= 0.3 is 0 Å².